The molecule has 0 bridgehead atoms. The van der Waals surface area contributed by atoms with Gasteiger partial charge >= 0.3 is 5.97 Å². The van der Waals surface area contributed by atoms with E-state index in [9.17, 15) is 4.79 Å². The number of nitrogens with two attached hydrogens (primary N) is 1. The van der Waals surface area contributed by atoms with E-state index in [4.69, 9.17) is 10.8 Å². The maximum absolute atomic E-state index is 10.9. The second-order valence-electron chi connectivity index (χ2n) is 8.43. The minimum absolute atomic E-state index is 0.242. The van der Waals surface area contributed by atoms with E-state index in [0.29, 0.717) is 6.54 Å². The summed E-state index contributed by atoms with van der Waals surface area (Å²) in [6.07, 6.45) is 0. The van der Waals surface area contributed by atoms with Crippen LogP contribution < -0.4 is 10.6 Å². The van der Waals surface area contributed by atoms with Crippen molar-refractivity contribution in [1.29, 1.82) is 0 Å². The molecule has 0 fully saturated rings. The van der Waals surface area contributed by atoms with Crippen LogP contribution in [0, 0.1) is 23.7 Å². The molecule has 4 aromatic carbocycles. The zero-order valence-electron chi connectivity index (χ0n) is 20.9. The summed E-state index contributed by atoms with van der Waals surface area (Å²) >= 11 is 0. The molecule has 0 saturated heterocycles. The number of rotatable bonds is 6. The first-order valence-electron chi connectivity index (χ1n) is 12.0. The van der Waals surface area contributed by atoms with Gasteiger partial charge < -0.3 is 15.7 Å². The second kappa shape index (κ2) is 12.7. The van der Waals surface area contributed by atoms with Crippen LogP contribution in [0.3, 0.4) is 0 Å². The molecule has 0 atom stereocenters. The average Bonchev–Trinajstić information content (AvgIpc) is 2.95. The smallest absolute Gasteiger partial charge is 0.335 e. The maximum Gasteiger partial charge on any atom is 0.335 e. The molecule has 0 saturated carbocycles. The number of hydrogen-bond donors (Lipinski definition) is 2. The molecule has 0 aliphatic rings. The number of carboxylic acid groups (broad SMARTS) is 1. The van der Waals surface area contributed by atoms with Crippen molar-refractivity contribution in [3.63, 3.8) is 0 Å². The molecular weight excluding hydrogens is 472 g/mol. The Bertz CT molecular complexity index is 1530. The highest BCUT2D eigenvalue weighted by Gasteiger charge is 2.01. The van der Waals surface area contributed by atoms with Crippen LogP contribution in [0.4, 0.5) is 17.1 Å². The molecule has 38 heavy (non-hydrogen) atoms. The van der Waals surface area contributed by atoms with Crippen molar-refractivity contribution in [3.8, 4) is 23.7 Å². The van der Waals surface area contributed by atoms with Crippen molar-refractivity contribution in [2.24, 2.45) is 16.0 Å². The van der Waals surface area contributed by atoms with Gasteiger partial charge in [0, 0.05) is 48.1 Å². The molecule has 6 nitrogen and oxygen atoms in total. The molecule has 0 aliphatic carbocycles. The van der Waals surface area contributed by atoms with E-state index >= 15 is 0 Å². The zero-order valence-corrected chi connectivity index (χ0v) is 20.9. The molecule has 0 spiro atoms. The summed E-state index contributed by atoms with van der Waals surface area (Å²) in [6.45, 7) is 1.40. The Morgan fingerprint density at radius 1 is 0.684 bits per heavy atom. The van der Waals surface area contributed by atoms with Crippen LogP contribution in [0.15, 0.2) is 107 Å². The molecule has 0 amide bonds. The maximum atomic E-state index is 10.9. The van der Waals surface area contributed by atoms with E-state index < -0.39 is 5.97 Å². The zero-order chi connectivity index (χ0) is 26.7. The molecule has 0 aromatic heterocycles. The van der Waals surface area contributed by atoms with Crippen LogP contribution in [0.5, 0.6) is 0 Å². The van der Waals surface area contributed by atoms with Gasteiger partial charge in [0.1, 0.15) is 0 Å². The van der Waals surface area contributed by atoms with Crippen molar-refractivity contribution in [1.82, 2.24) is 0 Å². The van der Waals surface area contributed by atoms with Gasteiger partial charge in [-0.1, -0.05) is 23.7 Å². The van der Waals surface area contributed by atoms with Gasteiger partial charge in [-0.15, -0.1) is 0 Å². The highest BCUT2D eigenvalue weighted by Crippen LogP contribution is 2.22. The number of carboxylic acids is 1. The minimum atomic E-state index is -0.952. The normalized spacial score (nSPS) is 10.3. The fraction of sp³-hybridized carbons (Fsp3) is 0.0938. The number of benzene rings is 4. The average molecular weight is 499 g/mol. The summed E-state index contributed by atoms with van der Waals surface area (Å²) < 4.78 is 0. The first-order valence-corrected chi connectivity index (χ1v) is 12.0. The summed E-state index contributed by atoms with van der Waals surface area (Å²) in [7, 11) is 2.01. The van der Waals surface area contributed by atoms with E-state index in [1.54, 1.807) is 24.3 Å². The number of carbonyl (C=O) groups is 1. The predicted octanol–water partition coefficient (Wildman–Crippen LogP) is 5.99. The fourth-order valence-electron chi connectivity index (χ4n) is 3.45. The number of aromatic carboxylic acids is 1. The third-order valence-electron chi connectivity index (χ3n) is 5.62. The van der Waals surface area contributed by atoms with Crippen LogP contribution in [0.1, 0.15) is 32.6 Å². The number of nitrogens with zero attached hydrogens (tertiary/aromatic N) is 3. The summed E-state index contributed by atoms with van der Waals surface area (Å²) in [5.74, 6) is 11.5. The number of hydrogen-bond acceptors (Lipinski definition) is 5. The molecule has 4 aromatic rings. The van der Waals surface area contributed by atoms with Gasteiger partial charge in [-0.2, -0.15) is 10.2 Å². The molecule has 4 rings (SSSR count). The van der Waals surface area contributed by atoms with Crippen molar-refractivity contribution < 1.29 is 9.90 Å². The lowest BCUT2D eigenvalue weighted by atomic mass is 10.1. The summed E-state index contributed by atoms with van der Waals surface area (Å²) in [5, 5.41) is 17.6. The third-order valence-corrected chi connectivity index (χ3v) is 5.62. The molecule has 0 heterocycles. The van der Waals surface area contributed by atoms with E-state index in [0.717, 1.165) is 45.9 Å². The van der Waals surface area contributed by atoms with Crippen molar-refractivity contribution in [2.75, 3.05) is 25.0 Å². The Balaban J connectivity index is 1.34. The molecule has 186 valence electrons. The Morgan fingerprint density at radius 2 is 1.05 bits per heavy atom. The standard InChI is InChI=1S/C32H26N4O2/c1-36(23-22-33)31-20-18-30(19-21-31)35-34-29-16-12-27(13-17-29)9-7-25-4-2-24(3-5-25)6-8-26-10-14-28(15-11-26)32(37)38/h2-5,10-21H,22-23,33H2,1H3,(H,37,38). The highest BCUT2D eigenvalue weighted by atomic mass is 16.4. The van der Waals surface area contributed by atoms with E-state index in [1.807, 2.05) is 79.8 Å². The van der Waals surface area contributed by atoms with Gasteiger partial charge in [0.05, 0.1) is 16.9 Å². The third kappa shape index (κ3) is 7.41. The fourth-order valence-corrected chi connectivity index (χ4v) is 3.45. The lowest BCUT2D eigenvalue weighted by molar-refractivity contribution is 0.0697. The Hall–Kier alpha value is -5.17. The molecule has 0 aliphatic heterocycles. The minimum Gasteiger partial charge on any atom is -0.478 e. The quantitative estimate of drug-likeness (QED) is 0.252. The number of anilines is 1. The van der Waals surface area contributed by atoms with Gasteiger partial charge in [0.2, 0.25) is 0 Å². The number of likely N-dealkylation sites (N-methyl/N-ethyl adjacent to an activating group) is 1. The summed E-state index contributed by atoms with van der Waals surface area (Å²) in [6, 6.07) is 29.6. The van der Waals surface area contributed by atoms with Gasteiger partial charge in [-0.05, 0) is 97.1 Å². The lowest BCUT2D eigenvalue weighted by Gasteiger charge is -2.17. The second-order valence-corrected chi connectivity index (χ2v) is 8.43. The summed E-state index contributed by atoms with van der Waals surface area (Å²) in [4.78, 5) is 13.0. The SMILES string of the molecule is CN(CCN)c1ccc(N=Nc2ccc(C#Cc3ccc(C#Cc4ccc(C(=O)O)cc4)cc3)cc2)cc1. The number of azo groups is 1. The van der Waals surface area contributed by atoms with Gasteiger partial charge in [-0.3, -0.25) is 0 Å². The van der Waals surface area contributed by atoms with E-state index in [-0.39, 0.29) is 5.56 Å². The van der Waals surface area contributed by atoms with Gasteiger partial charge in [0.25, 0.3) is 0 Å². The van der Waals surface area contributed by atoms with Crippen molar-refractivity contribution in [2.45, 2.75) is 0 Å². The van der Waals surface area contributed by atoms with Crippen molar-refractivity contribution in [3.05, 3.63) is 125 Å². The van der Waals surface area contributed by atoms with Crippen LogP contribution in [-0.2, 0) is 0 Å². The predicted molar refractivity (Wildman–Crippen MR) is 151 cm³/mol. The van der Waals surface area contributed by atoms with Crippen LogP contribution in [0.25, 0.3) is 0 Å². The van der Waals surface area contributed by atoms with Crippen molar-refractivity contribution >= 4 is 23.0 Å². The first-order chi connectivity index (χ1) is 18.5. The van der Waals surface area contributed by atoms with Gasteiger partial charge in [0.15, 0.2) is 0 Å². The molecule has 6 heteroatoms. The Labute approximate surface area is 222 Å². The highest BCUT2D eigenvalue weighted by molar-refractivity contribution is 5.87. The first kappa shape index (κ1) is 25.9. The Morgan fingerprint density at radius 3 is 1.45 bits per heavy atom. The van der Waals surface area contributed by atoms with Crippen LogP contribution in [0.2, 0.25) is 0 Å². The van der Waals surface area contributed by atoms with E-state index in [2.05, 4.69) is 38.8 Å². The molecule has 0 unspecified atom stereocenters. The van der Waals surface area contributed by atoms with Crippen LogP contribution in [-0.4, -0.2) is 31.2 Å². The Kier molecular flexibility index (Phi) is 8.65. The lowest BCUT2D eigenvalue weighted by Crippen LogP contribution is -2.24. The molecular formula is C32H26N4O2. The van der Waals surface area contributed by atoms with E-state index in [1.165, 1.54) is 0 Å². The van der Waals surface area contributed by atoms with Crippen LogP contribution >= 0.6 is 0 Å². The molecule has 0 radical (unpaired) electrons. The monoisotopic (exact) mass is 498 g/mol. The molecule has 3 N–H and O–H groups in total. The topological polar surface area (TPSA) is 91.3 Å². The van der Waals surface area contributed by atoms with Gasteiger partial charge in [-0.25, -0.2) is 4.79 Å². The summed E-state index contributed by atoms with van der Waals surface area (Å²) in [5.41, 5.74) is 11.8. The largest absolute Gasteiger partial charge is 0.478 e.